The van der Waals surface area contributed by atoms with Crippen LogP contribution in [0, 0.1) is 58.2 Å². The summed E-state index contributed by atoms with van der Waals surface area (Å²) in [5.41, 5.74) is -6.42. The molecule has 2 saturated heterocycles. The number of methoxy groups -OCH3 is 4. The van der Waals surface area contributed by atoms with Crippen LogP contribution >= 0.6 is 0 Å². The molecule has 4 aromatic carbocycles. The molecule has 6 fully saturated rings. The van der Waals surface area contributed by atoms with Crippen LogP contribution in [0.25, 0.3) is 44.1 Å². The minimum Gasteiger partial charge on any atom is -0.497 e. The van der Waals surface area contributed by atoms with Crippen LogP contribution in [0.4, 0.5) is 26.3 Å². The molecule has 14 atom stereocenters. The van der Waals surface area contributed by atoms with Crippen molar-refractivity contribution in [3.8, 4) is 68.8 Å². The van der Waals surface area contributed by atoms with Crippen LogP contribution in [-0.2, 0) is 67.9 Å². The number of pyridine rings is 2. The average molecular weight is 1970 g/mol. The zero-order valence-corrected chi connectivity index (χ0v) is 83.1. The van der Waals surface area contributed by atoms with Gasteiger partial charge in [0.1, 0.15) is 46.6 Å². The maximum Gasteiger partial charge on any atom is 0.427 e. The number of Topliss-reactive ketones (excluding diaryl/α,β-unsaturated/α-hetero) is 2. The molecule has 2 aromatic heterocycles. The molecule has 2 N–H and O–H groups in total. The number of halogens is 6. The fourth-order valence-corrected chi connectivity index (χ4v) is 21.9. The lowest BCUT2D eigenvalue weighted by molar-refractivity contribution is -0.257. The maximum absolute atomic E-state index is 15.2. The number of hydrogen-bond acceptors (Lipinski definition) is 24. The van der Waals surface area contributed by atoms with Crippen LogP contribution in [0.2, 0.25) is 0 Å². The number of allylic oxidation sites excluding steroid dienone is 4. The van der Waals surface area contributed by atoms with Gasteiger partial charge in [0.2, 0.25) is 66.6 Å². The minimum absolute atomic E-state index is 0.0160. The summed E-state index contributed by atoms with van der Waals surface area (Å²) in [6.45, 7) is 20.8. The molecule has 14 rings (SSSR count). The van der Waals surface area contributed by atoms with E-state index < -0.39 is 197 Å². The highest BCUT2D eigenvalue weighted by molar-refractivity contribution is 7.92. The van der Waals surface area contributed by atoms with E-state index in [1.54, 1.807) is 88.4 Å². The lowest BCUT2D eigenvalue weighted by Gasteiger charge is -2.33. The van der Waals surface area contributed by atoms with E-state index in [-0.39, 0.29) is 74.6 Å². The summed E-state index contributed by atoms with van der Waals surface area (Å²) in [7, 11) is -2.06. The fourth-order valence-electron chi connectivity index (χ4n) is 19.3. The third kappa shape index (κ3) is 22.8. The number of sulfonamides is 2. The number of ether oxygens (including phenoxy) is 10. The Morgan fingerprint density at radius 1 is 0.486 bits per heavy atom. The number of carbonyl (C=O) groups excluding carboxylic acids is 8. The van der Waals surface area contributed by atoms with E-state index in [1.165, 1.54) is 38.2 Å². The monoisotopic (exact) mass is 1970 g/mol. The molecule has 0 bridgehead atoms. The summed E-state index contributed by atoms with van der Waals surface area (Å²) in [5, 5.41) is 2.20. The lowest BCUT2D eigenvalue weighted by Crippen LogP contribution is -2.48. The number of nitrogens with one attached hydrogen (secondary N) is 2. The second-order valence-electron chi connectivity index (χ2n) is 41.0. The van der Waals surface area contributed by atoms with Crippen molar-refractivity contribution in [1.82, 2.24) is 29.2 Å². The molecule has 4 saturated carbocycles. The SMILES string of the molecule is COc1ccc2c(O[C@@H]3C[C@H]4C(=O)C[C@]5(C(=O)NS(=O)(=O)C6(C)CC6)C[C@H]5/C=C\CC[C@@H](C)C[C@@H](C)[C@H](CC(=O)OC(C)(C)C(F)(F)F)C(=O)N4C3)nc(-c3ccc(OC(C)C)cc3)c(OC)c2c1.COc1ccc2c(O[C@@H]3C[C@H]4C(=O)C[C@]5(C(=O)NS(=O)(=O)C6(C)CC6)C[C@H]5/C=C\CC[C@H](C)C[C@@H](C)[C@H](CC(=O)OC(C)(C)C(F)(F)F)C(=O)N4C3)nc(-c3ccc(OC(C)C)cc3)c(OC)c2c1. The lowest BCUT2D eigenvalue weighted by atomic mass is 9.82. The van der Waals surface area contributed by atoms with Gasteiger partial charge in [-0.05, 0) is 267 Å². The molecular formula is C102H128F6N6O22S2. The number of rotatable bonds is 26. The molecular weight excluding hydrogens is 1840 g/mol. The first-order valence-electron chi connectivity index (χ1n) is 47.3. The van der Waals surface area contributed by atoms with Gasteiger partial charge in [0.05, 0.1) is 111 Å². The second kappa shape index (κ2) is 40.4. The molecule has 138 heavy (non-hydrogen) atoms. The number of amides is 4. The zero-order chi connectivity index (χ0) is 101. The van der Waals surface area contributed by atoms with Gasteiger partial charge in [-0.25, -0.2) is 26.8 Å². The van der Waals surface area contributed by atoms with Crippen molar-refractivity contribution in [3.05, 3.63) is 109 Å². The Balaban J connectivity index is 0.000000233. The maximum atomic E-state index is 15.2. The van der Waals surface area contributed by atoms with E-state index in [0.717, 1.165) is 27.7 Å². The van der Waals surface area contributed by atoms with Gasteiger partial charge in [-0.2, -0.15) is 26.3 Å². The van der Waals surface area contributed by atoms with Gasteiger partial charge in [0.25, 0.3) is 0 Å². The van der Waals surface area contributed by atoms with Gasteiger partial charge < -0.3 is 57.2 Å². The predicted octanol–water partition coefficient (Wildman–Crippen LogP) is 17.8. The number of esters is 2. The Hall–Kier alpha value is -10.8. The van der Waals surface area contributed by atoms with E-state index in [1.807, 2.05) is 90.1 Å². The molecule has 0 radical (unpaired) electrons. The normalized spacial score (nSPS) is 26.8. The molecule has 28 nitrogen and oxygen atoms in total. The highest BCUT2D eigenvalue weighted by atomic mass is 32.2. The van der Waals surface area contributed by atoms with Crippen LogP contribution in [0.1, 0.15) is 213 Å². The van der Waals surface area contributed by atoms with E-state index in [4.69, 9.17) is 57.3 Å². The number of benzene rings is 4. The molecule has 0 spiro atoms. The van der Waals surface area contributed by atoms with E-state index in [9.17, 15) is 71.9 Å². The van der Waals surface area contributed by atoms with Crippen molar-refractivity contribution in [2.24, 2.45) is 58.2 Å². The van der Waals surface area contributed by atoms with Crippen molar-refractivity contribution in [2.75, 3.05) is 41.5 Å². The van der Waals surface area contributed by atoms with Crippen LogP contribution in [0.5, 0.6) is 46.3 Å². The number of carbonyl (C=O) groups is 8. The molecule has 36 heteroatoms. The number of nitrogens with zero attached hydrogens (tertiary/aromatic N) is 4. The van der Waals surface area contributed by atoms with Gasteiger partial charge in [-0.15, -0.1) is 0 Å². The minimum atomic E-state index is -4.89. The Bertz CT molecular complexity index is 5550. The van der Waals surface area contributed by atoms with Gasteiger partial charge in [-0.3, -0.25) is 47.8 Å². The standard InChI is InChI=1S/2C51H64F3N3O11S/c2*1-29(2)66-34-16-14-32(15-17-34)43-44(65-9)39-23-35(64-8)18-19-37(39)45(55-43)67-36-24-40-41(58)27-50(47(61)56-69(62,63)49(7)20-21-49)26-33(50)13-11-10-12-30(3)22-31(4)38(46(60)57(40)28-36)25-42(59)68-48(5,6)51(52,53)54/h2*11,13-19,23,29-31,33,36,38,40H,10,12,20-22,24-28H2,1-9H3,(H,56,61)/b2*13-11-/t30-,31+,33+,36+,38-,40-,50+;30-,31-,33-,36-,38+,40+,50-/m01/s1. The van der Waals surface area contributed by atoms with Crippen molar-refractivity contribution in [3.63, 3.8) is 0 Å². The van der Waals surface area contributed by atoms with Crippen LogP contribution in [0.15, 0.2) is 109 Å². The molecule has 8 aliphatic rings. The van der Waals surface area contributed by atoms with Crippen molar-refractivity contribution < 1.29 is 129 Å². The number of alkyl halides is 6. The fraction of sp³-hybridized carbons (Fsp3) is 0.588. The first kappa shape index (κ1) is 105. The Labute approximate surface area is 802 Å². The molecule has 4 aliphatic carbocycles. The van der Waals surface area contributed by atoms with E-state index >= 15 is 9.59 Å². The number of hydrogen-bond donors (Lipinski definition) is 2. The molecule has 6 aromatic rings. The van der Waals surface area contributed by atoms with Crippen LogP contribution < -0.4 is 47.3 Å². The summed E-state index contributed by atoms with van der Waals surface area (Å²) in [5.74, 6) is -7.50. The quantitative estimate of drug-likeness (QED) is 0.0289. The van der Waals surface area contributed by atoms with Crippen LogP contribution in [-0.4, -0.2) is 195 Å². The largest absolute Gasteiger partial charge is 0.497 e. The first-order valence-corrected chi connectivity index (χ1v) is 50.3. The average Bonchev–Trinajstić information content (AvgIpc) is 1.50. The molecule has 4 aliphatic heterocycles. The topological polar surface area (TPSA) is 353 Å². The summed E-state index contributed by atoms with van der Waals surface area (Å²) in [4.78, 5) is 128. The molecule has 6 heterocycles. The Morgan fingerprint density at radius 3 is 1.14 bits per heavy atom. The first-order chi connectivity index (χ1) is 64.6. The van der Waals surface area contributed by atoms with Gasteiger partial charge in [-0.1, -0.05) is 52.0 Å². The Kier molecular flexibility index (Phi) is 30.6. The summed E-state index contributed by atoms with van der Waals surface area (Å²) < 4.78 is 198. The summed E-state index contributed by atoms with van der Waals surface area (Å²) in [6, 6.07) is 22.5. The van der Waals surface area contributed by atoms with Gasteiger partial charge in [0, 0.05) is 58.4 Å². The third-order valence-corrected chi connectivity index (χ3v) is 33.0. The number of fused-ring (bicyclic) bond motifs is 6. The number of aromatic nitrogens is 2. The third-order valence-electron chi connectivity index (χ3n) is 28.7. The zero-order valence-electron chi connectivity index (χ0n) is 81.5. The second-order valence-corrected chi connectivity index (χ2v) is 45.4. The predicted molar refractivity (Wildman–Crippen MR) is 502 cm³/mol. The Morgan fingerprint density at radius 2 is 0.826 bits per heavy atom. The highest BCUT2D eigenvalue weighted by Crippen LogP contribution is 2.60. The van der Waals surface area contributed by atoms with E-state index in [2.05, 4.69) is 9.44 Å². The summed E-state index contributed by atoms with van der Waals surface area (Å²) >= 11 is 0. The number of ketones is 2. The summed E-state index contributed by atoms with van der Waals surface area (Å²) in [6.07, 6.45) is -1.42. The molecule has 0 unspecified atom stereocenters. The molecule has 4 amide bonds. The van der Waals surface area contributed by atoms with E-state index in [0.29, 0.717) is 143 Å². The van der Waals surface area contributed by atoms with Crippen molar-refractivity contribution >= 4 is 88.7 Å². The van der Waals surface area contributed by atoms with Crippen LogP contribution in [0.3, 0.4) is 0 Å². The molecule has 752 valence electrons. The van der Waals surface area contributed by atoms with Gasteiger partial charge >= 0.3 is 24.3 Å². The van der Waals surface area contributed by atoms with Crippen molar-refractivity contribution in [1.29, 1.82) is 0 Å². The van der Waals surface area contributed by atoms with Crippen molar-refractivity contribution in [2.45, 2.75) is 282 Å². The smallest absolute Gasteiger partial charge is 0.427 e. The van der Waals surface area contributed by atoms with Gasteiger partial charge in [0.15, 0.2) is 23.1 Å². The highest BCUT2D eigenvalue weighted by Gasteiger charge is 2.65.